The number of benzene rings is 1. The standard InChI is InChI=1S/C16H16FN3O3/c1-20(10-13-6-7-22-18-13)16(21)15-9-14(19-23-15)8-11-2-4-12(17)5-3-11/h2-7,15H,8-10H2,1H3. The molecule has 2 heterocycles. The first-order valence-electron chi connectivity index (χ1n) is 7.22. The second kappa shape index (κ2) is 6.60. The van der Waals surface area contributed by atoms with Crippen LogP contribution in [0.1, 0.15) is 17.7 Å². The molecule has 0 bridgehead atoms. The van der Waals surface area contributed by atoms with Crippen LogP contribution in [-0.4, -0.2) is 34.8 Å². The highest BCUT2D eigenvalue weighted by Gasteiger charge is 2.30. The SMILES string of the molecule is CN(Cc1ccon1)C(=O)C1CC(Cc2ccc(F)cc2)=NO1. The molecule has 1 aromatic carbocycles. The predicted octanol–water partition coefficient (Wildman–Crippen LogP) is 2.16. The van der Waals surface area contributed by atoms with Crippen molar-refractivity contribution in [3.8, 4) is 0 Å². The van der Waals surface area contributed by atoms with Crippen molar-refractivity contribution in [1.29, 1.82) is 0 Å². The minimum absolute atomic E-state index is 0.161. The summed E-state index contributed by atoms with van der Waals surface area (Å²) in [4.78, 5) is 19.1. The second-order valence-electron chi connectivity index (χ2n) is 5.44. The van der Waals surface area contributed by atoms with Crippen LogP contribution in [0.5, 0.6) is 0 Å². The van der Waals surface area contributed by atoms with Gasteiger partial charge in [0.15, 0.2) is 0 Å². The first-order chi connectivity index (χ1) is 11.1. The first kappa shape index (κ1) is 15.2. The van der Waals surface area contributed by atoms with Crippen LogP contribution in [0.25, 0.3) is 0 Å². The molecule has 0 spiro atoms. The van der Waals surface area contributed by atoms with Gasteiger partial charge in [-0.2, -0.15) is 0 Å². The van der Waals surface area contributed by atoms with Gasteiger partial charge in [0, 0.05) is 26.0 Å². The van der Waals surface area contributed by atoms with Crippen molar-refractivity contribution in [1.82, 2.24) is 10.1 Å². The first-order valence-corrected chi connectivity index (χ1v) is 7.22. The number of rotatable bonds is 5. The van der Waals surface area contributed by atoms with Gasteiger partial charge in [-0.1, -0.05) is 22.4 Å². The summed E-state index contributed by atoms with van der Waals surface area (Å²) in [7, 11) is 1.68. The number of aromatic nitrogens is 1. The lowest BCUT2D eigenvalue weighted by Crippen LogP contribution is -2.36. The van der Waals surface area contributed by atoms with Crippen molar-refractivity contribution in [3.63, 3.8) is 0 Å². The molecule has 1 aromatic heterocycles. The van der Waals surface area contributed by atoms with Crippen LogP contribution in [0.2, 0.25) is 0 Å². The smallest absolute Gasteiger partial charge is 0.266 e. The number of carbonyl (C=O) groups excluding carboxylic acids is 1. The number of carbonyl (C=O) groups is 1. The molecule has 1 aliphatic rings. The third kappa shape index (κ3) is 3.74. The summed E-state index contributed by atoms with van der Waals surface area (Å²) in [5.74, 6) is -0.438. The molecular weight excluding hydrogens is 301 g/mol. The van der Waals surface area contributed by atoms with E-state index in [4.69, 9.17) is 9.36 Å². The molecule has 1 unspecified atom stereocenters. The van der Waals surface area contributed by atoms with E-state index in [0.29, 0.717) is 25.1 Å². The summed E-state index contributed by atoms with van der Waals surface area (Å²) in [6.45, 7) is 0.350. The van der Waals surface area contributed by atoms with Crippen LogP contribution >= 0.6 is 0 Å². The van der Waals surface area contributed by atoms with E-state index in [1.54, 1.807) is 25.2 Å². The zero-order valence-corrected chi connectivity index (χ0v) is 12.6. The maximum atomic E-state index is 12.9. The molecule has 120 valence electrons. The lowest BCUT2D eigenvalue weighted by molar-refractivity contribution is -0.141. The van der Waals surface area contributed by atoms with Crippen LogP contribution in [0.15, 0.2) is 46.3 Å². The number of nitrogens with zero attached hydrogens (tertiary/aromatic N) is 3. The molecule has 23 heavy (non-hydrogen) atoms. The Labute approximate surface area is 132 Å². The number of hydrogen-bond donors (Lipinski definition) is 0. The largest absolute Gasteiger partial charge is 0.382 e. The number of likely N-dealkylation sites (N-methyl/N-ethyl adjacent to an activating group) is 1. The molecule has 1 atom stereocenters. The minimum atomic E-state index is -0.623. The third-order valence-corrected chi connectivity index (χ3v) is 3.59. The van der Waals surface area contributed by atoms with Gasteiger partial charge in [-0.05, 0) is 17.7 Å². The number of halogens is 1. The van der Waals surface area contributed by atoms with Gasteiger partial charge in [0.05, 0.1) is 12.3 Å². The zero-order valence-electron chi connectivity index (χ0n) is 12.6. The van der Waals surface area contributed by atoms with Crippen LogP contribution < -0.4 is 0 Å². The third-order valence-electron chi connectivity index (χ3n) is 3.59. The van der Waals surface area contributed by atoms with E-state index in [1.807, 2.05) is 0 Å². The van der Waals surface area contributed by atoms with E-state index in [1.165, 1.54) is 23.3 Å². The molecule has 0 N–H and O–H groups in total. The van der Waals surface area contributed by atoms with Crippen LogP contribution in [0.4, 0.5) is 4.39 Å². The molecule has 0 aliphatic carbocycles. The summed E-state index contributed by atoms with van der Waals surface area (Å²) in [5.41, 5.74) is 2.37. The summed E-state index contributed by atoms with van der Waals surface area (Å²) >= 11 is 0. The Kier molecular flexibility index (Phi) is 4.36. The van der Waals surface area contributed by atoms with Gasteiger partial charge in [0.25, 0.3) is 5.91 Å². The summed E-state index contributed by atoms with van der Waals surface area (Å²) in [5, 5.41) is 7.75. The van der Waals surface area contributed by atoms with Crippen molar-refractivity contribution in [2.24, 2.45) is 5.16 Å². The fourth-order valence-electron chi connectivity index (χ4n) is 2.39. The molecule has 1 aliphatic heterocycles. The van der Waals surface area contributed by atoms with E-state index in [2.05, 4.69) is 10.3 Å². The van der Waals surface area contributed by atoms with Gasteiger partial charge in [-0.3, -0.25) is 4.79 Å². The van der Waals surface area contributed by atoms with Gasteiger partial charge < -0.3 is 14.3 Å². The monoisotopic (exact) mass is 317 g/mol. The molecule has 0 saturated heterocycles. The quantitative estimate of drug-likeness (QED) is 0.847. The molecule has 3 rings (SSSR count). The van der Waals surface area contributed by atoms with E-state index < -0.39 is 6.10 Å². The topological polar surface area (TPSA) is 67.9 Å². The highest BCUT2D eigenvalue weighted by molar-refractivity contribution is 5.93. The fourth-order valence-corrected chi connectivity index (χ4v) is 2.39. The molecule has 0 radical (unpaired) electrons. The van der Waals surface area contributed by atoms with E-state index >= 15 is 0 Å². The van der Waals surface area contributed by atoms with E-state index in [-0.39, 0.29) is 11.7 Å². The lowest BCUT2D eigenvalue weighted by Gasteiger charge is -2.18. The van der Waals surface area contributed by atoms with Gasteiger partial charge in [-0.15, -0.1) is 0 Å². The Hall–Kier alpha value is -2.70. The molecular formula is C16H16FN3O3. The Morgan fingerprint density at radius 1 is 1.35 bits per heavy atom. The normalized spacial score (nSPS) is 16.8. The maximum Gasteiger partial charge on any atom is 0.266 e. The van der Waals surface area contributed by atoms with Crippen molar-refractivity contribution in [2.75, 3.05) is 7.05 Å². The second-order valence-corrected chi connectivity index (χ2v) is 5.44. The van der Waals surface area contributed by atoms with E-state index in [9.17, 15) is 9.18 Å². The Morgan fingerprint density at radius 3 is 2.83 bits per heavy atom. The molecule has 1 amide bonds. The van der Waals surface area contributed by atoms with Crippen LogP contribution in [0.3, 0.4) is 0 Å². The van der Waals surface area contributed by atoms with Gasteiger partial charge >= 0.3 is 0 Å². The van der Waals surface area contributed by atoms with Crippen LogP contribution in [-0.2, 0) is 22.6 Å². The van der Waals surface area contributed by atoms with Gasteiger partial charge in [0.2, 0.25) is 6.10 Å². The molecule has 2 aromatic rings. The molecule has 0 saturated carbocycles. The van der Waals surface area contributed by atoms with E-state index in [0.717, 1.165) is 11.3 Å². The summed E-state index contributed by atoms with van der Waals surface area (Å²) < 4.78 is 17.6. The highest BCUT2D eigenvalue weighted by atomic mass is 19.1. The summed E-state index contributed by atoms with van der Waals surface area (Å²) in [6.07, 6.45) is 1.81. The average molecular weight is 317 g/mol. The predicted molar refractivity (Wildman–Crippen MR) is 80.0 cm³/mol. The Bertz CT molecular complexity index is 698. The number of oxime groups is 1. The maximum absolute atomic E-state index is 12.9. The van der Waals surface area contributed by atoms with Crippen LogP contribution in [0, 0.1) is 5.82 Å². The highest BCUT2D eigenvalue weighted by Crippen LogP contribution is 2.17. The summed E-state index contributed by atoms with van der Waals surface area (Å²) in [6, 6.07) is 7.91. The number of amides is 1. The lowest BCUT2D eigenvalue weighted by atomic mass is 10.0. The number of hydrogen-bond acceptors (Lipinski definition) is 5. The molecule has 0 fully saturated rings. The Balaban J connectivity index is 1.53. The van der Waals surface area contributed by atoms with Crippen molar-refractivity contribution in [3.05, 3.63) is 53.7 Å². The fraction of sp³-hybridized carbons (Fsp3) is 0.312. The average Bonchev–Trinajstić information content (AvgIpc) is 3.20. The van der Waals surface area contributed by atoms with Crippen molar-refractivity contribution in [2.45, 2.75) is 25.5 Å². The van der Waals surface area contributed by atoms with Gasteiger partial charge in [-0.25, -0.2) is 4.39 Å². The molecule has 6 nitrogen and oxygen atoms in total. The minimum Gasteiger partial charge on any atom is -0.382 e. The van der Waals surface area contributed by atoms with Gasteiger partial charge in [0.1, 0.15) is 17.8 Å². The molecule has 7 heteroatoms. The Morgan fingerprint density at radius 2 is 2.13 bits per heavy atom. The van der Waals surface area contributed by atoms with Crippen molar-refractivity contribution < 1.29 is 18.5 Å². The zero-order chi connectivity index (χ0) is 16.2. The van der Waals surface area contributed by atoms with Crippen molar-refractivity contribution >= 4 is 11.6 Å².